The van der Waals surface area contributed by atoms with Crippen LogP contribution in [0.25, 0.3) is 11.0 Å². The summed E-state index contributed by atoms with van der Waals surface area (Å²) in [5.41, 5.74) is 1.21. The number of Topliss-reactive ketones (excluding diaryl/α,β-unsaturated/α-hetero) is 1. The average molecular weight is 454 g/mol. The number of rotatable bonds is 8. The first-order valence-electron chi connectivity index (χ1n) is 11.1. The summed E-state index contributed by atoms with van der Waals surface area (Å²) in [4.78, 5) is 40.1. The van der Waals surface area contributed by atoms with Crippen molar-refractivity contribution >= 4 is 34.2 Å². The van der Waals surface area contributed by atoms with Gasteiger partial charge in [-0.15, -0.1) is 0 Å². The van der Waals surface area contributed by atoms with Crippen molar-refractivity contribution in [2.75, 3.05) is 37.6 Å². The molecule has 4 rings (SSSR count). The van der Waals surface area contributed by atoms with E-state index in [-0.39, 0.29) is 11.5 Å². The van der Waals surface area contributed by atoms with Gasteiger partial charge in [0.25, 0.3) is 0 Å². The molecule has 0 saturated carbocycles. The van der Waals surface area contributed by atoms with E-state index >= 15 is 0 Å². The van der Waals surface area contributed by atoms with Crippen molar-refractivity contribution in [2.45, 2.75) is 26.2 Å². The first-order chi connectivity index (χ1) is 15.5. The van der Waals surface area contributed by atoms with Crippen LogP contribution in [0.5, 0.6) is 0 Å². The number of nitrogens with one attached hydrogen (secondary N) is 1. The molecule has 0 spiro atoms. The van der Waals surface area contributed by atoms with Crippen molar-refractivity contribution in [3.63, 3.8) is 0 Å². The number of anilines is 1. The summed E-state index contributed by atoms with van der Waals surface area (Å²) in [6.45, 7) is 6.54. The quantitative estimate of drug-likeness (QED) is 0.563. The fraction of sp³-hybridized carbons (Fsp3) is 0.417. The average Bonchev–Trinajstić information content (AvgIpc) is 2.79. The standard InChI is InChI=1S/C24H28ClN5O2/c1-17(15-20(31)16-18-4-6-19(25)7-5-18)8-10-29-11-13-30(14-12-29)23-21-3-2-9-26-22(21)27-24(32)28-23/h2-7,9,17H,8,10-16H2,1H3,(H,26,27,28,32). The van der Waals surface area contributed by atoms with Crippen molar-refractivity contribution in [1.82, 2.24) is 19.9 Å². The maximum Gasteiger partial charge on any atom is 0.348 e. The predicted octanol–water partition coefficient (Wildman–Crippen LogP) is 3.32. The zero-order valence-electron chi connectivity index (χ0n) is 18.3. The third-order valence-corrected chi connectivity index (χ3v) is 6.23. The number of benzene rings is 1. The molecule has 1 aromatic carbocycles. The Hall–Kier alpha value is -2.77. The number of fused-ring (bicyclic) bond motifs is 1. The molecule has 1 fully saturated rings. The highest BCUT2D eigenvalue weighted by atomic mass is 35.5. The second-order valence-corrected chi connectivity index (χ2v) is 8.97. The van der Waals surface area contributed by atoms with E-state index in [4.69, 9.17) is 11.6 Å². The minimum atomic E-state index is -0.370. The van der Waals surface area contributed by atoms with Gasteiger partial charge in [-0.1, -0.05) is 30.7 Å². The van der Waals surface area contributed by atoms with Gasteiger partial charge < -0.3 is 4.90 Å². The number of H-pyrrole nitrogens is 1. The van der Waals surface area contributed by atoms with Crippen LogP contribution in [0.4, 0.5) is 5.82 Å². The van der Waals surface area contributed by atoms with Crippen molar-refractivity contribution < 1.29 is 4.79 Å². The summed E-state index contributed by atoms with van der Waals surface area (Å²) in [6, 6.07) is 11.3. The van der Waals surface area contributed by atoms with Crippen LogP contribution in [0.15, 0.2) is 47.4 Å². The smallest absolute Gasteiger partial charge is 0.348 e. The van der Waals surface area contributed by atoms with Gasteiger partial charge in [0.05, 0.1) is 5.39 Å². The van der Waals surface area contributed by atoms with Crippen LogP contribution in [0, 0.1) is 5.92 Å². The number of aromatic amines is 1. The lowest BCUT2D eigenvalue weighted by atomic mass is 9.97. The predicted molar refractivity (Wildman–Crippen MR) is 127 cm³/mol. The van der Waals surface area contributed by atoms with E-state index in [1.165, 1.54) is 0 Å². The molecule has 0 aliphatic carbocycles. The fourth-order valence-corrected chi connectivity index (χ4v) is 4.32. The molecule has 0 bridgehead atoms. The van der Waals surface area contributed by atoms with Crippen molar-refractivity contribution in [3.8, 4) is 0 Å². The highest BCUT2D eigenvalue weighted by molar-refractivity contribution is 6.30. The molecule has 7 nitrogen and oxygen atoms in total. The number of hydrogen-bond acceptors (Lipinski definition) is 6. The Balaban J connectivity index is 1.24. The Morgan fingerprint density at radius 3 is 2.66 bits per heavy atom. The second kappa shape index (κ2) is 10.2. The number of piperazine rings is 1. The van der Waals surface area contributed by atoms with Crippen LogP contribution < -0.4 is 10.6 Å². The molecule has 3 aromatic rings. The zero-order valence-corrected chi connectivity index (χ0v) is 19.0. The SMILES string of the molecule is CC(CCN1CCN(c2nc(=O)[nH]c3ncccc23)CC1)CC(=O)Cc1ccc(Cl)cc1. The van der Waals surface area contributed by atoms with Gasteiger partial charge in [-0.05, 0) is 48.7 Å². The lowest BCUT2D eigenvalue weighted by molar-refractivity contribution is -0.119. The van der Waals surface area contributed by atoms with E-state index in [0.717, 1.165) is 50.1 Å². The van der Waals surface area contributed by atoms with Crippen LogP contribution in [-0.4, -0.2) is 58.4 Å². The van der Waals surface area contributed by atoms with Crippen LogP contribution >= 0.6 is 11.6 Å². The molecule has 1 atom stereocenters. The molecule has 1 N–H and O–H groups in total. The number of ketones is 1. The zero-order chi connectivity index (χ0) is 22.5. The molecular formula is C24H28ClN5O2. The highest BCUT2D eigenvalue weighted by Gasteiger charge is 2.21. The van der Waals surface area contributed by atoms with Crippen molar-refractivity contribution in [2.24, 2.45) is 5.92 Å². The Bertz CT molecular complexity index is 1120. The lowest BCUT2D eigenvalue weighted by Gasteiger charge is -2.36. The van der Waals surface area contributed by atoms with Crippen LogP contribution in [0.3, 0.4) is 0 Å². The topological polar surface area (TPSA) is 82.2 Å². The summed E-state index contributed by atoms with van der Waals surface area (Å²) in [5, 5.41) is 1.56. The Morgan fingerprint density at radius 1 is 1.16 bits per heavy atom. The molecule has 1 aliphatic rings. The third-order valence-electron chi connectivity index (χ3n) is 5.98. The van der Waals surface area contributed by atoms with E-state index in [2.05, 4.69) is 31.7 Å². The molecule has 1 saturated heterocycles. The maximum atomic E-state index is 12.4. The molecule has 3 heterocycles. The number of pyridine rings is 1. The van der Waals surface area contributed by atoms with Crippen LogP contribution in [0.2, 0.25) is 5.02 Å². The molecular weight excluding hydrogens is 426 g/mol. The first-order valence-corrected chi connectivity index (χ1v) is 11.4. The largest absolute Gasteiger partial charge is 0.353 e. The monoisotopic (exact) mass is 453 g/mol. The number of aromatic nitrogens is 3. The van der Waals surface area contributed by atoms with Gasteiger partial charge in [-0.25, -0.2) is 9.78 Å². The van der Waals surface area contributed by atoms with Gasteiger partial charge in [0.2, 0.25) is 0 Å². The maximum absolute atomic E-state index is 12.4. The van der Waals surface area contributed by atoms with Crippen molar-refractivity contribution in [3.05, 3.63) is 63.7 Å². The normalized spacial score (nSPS) is 15.8. The number of carbonyl (C=O) groups is 1. The molecule has 8 heteroatoms. The fourth-order valence-electron chi connectivity index (χ4n) is 4.19. The third kappa shape index (κ3) is 5.72. The Labute approximate surface area is 192 Å². The van der Waals surface area contributed by atoms with E-state index in [1.807, 2.05) is 36.4 Å². The molecule has 1 unspecified atom stereocenters. The van der Waals surface area contributed by atoms with E-state index in [9.17, 15) is 9.59 Å². The summed E-state index contributed by atoms with van der Waals surface area (Å²) in [6.07, 6.45) is 3.72. The molecule has 0 amide bonds. The molecule has 32 heavy (non-hydrogen) atoms. The first kappa shape index (κ1) is 22.4. The van der Waals surface area contributed by atoms with Gasteiger partial charge in [0, 0.05) is 50.2 Å². The van der Waals surface area contributed by atoms with Crippen molar-refractivity contribution in [1.29, 1.82) is 0 Å². The number of nitrogens with zero attached hydrogens (tertiary/aromatic N) is 4. The summed E-state index contributed by atoms with van der Waals surface area (Å²) in [5.74, 6) is 1.32. The number of carbonyl (C=O) groups excluding carboxylic acids is 1. The lowest BCUT2D eigenvalue weighted by Crippen LogP contribution is -2.47. The van der Waals surface area contributed by atoms with E-state index in [1.54, 1.807) is 6.20 Å². The van der Waals surface area contributed by atoms with Crippen LogP contribution in [-0.2, 0) is 11.2 Å². The number of hydrogen-bond donors (Lipinski definition) is 1. The van der Waals surface area contributed by atoms with Gasteiger partial charge in [0.1, 0.15) is 17.2 Å². The van der Waals surface area contributed by atoms with Crippen LogP contribution in [0.1, 0.15) is 25.3 Å². The van der Waals surface area contributed by atoms with E-state index < -0.39 is 0 Å². The Kier molecular flexibility index (Phi) is 7.17. The highest BCUT2D eigenvalue weighted by Crippen LogP contribution is 2.22. The molecule has 2 aromatic heterocycles. The van der Waals surface area contributed by atoms with Gasteiger partial charge in [-0.3, -0.25) is 14.7 Å². The van der Waals surface area contributed by atoms with Gasteiger partial charge in [0.15, 0.2) is 0 Å². The minimum absolute atomic E-state index is 0.269. The van der Waals surface area contributed by atoms with Gasteiger partial charge >= 0.3 is 5.69 Å². The minimum Gasteiger partial charge on any atom is -0.353 e. The molecule has 168 valence electrons. The van der Waals surface area contributed by atoms with E-state index in [0.29, 0.717) is 35.2 Å². The molecule has 1 aliphatic heterocycles. The summed E-state index contributed by atoms with van der Waals surface area (Å²) >= 11 is 5.91. The second-order valence-electron chi connectivity index (χ2n) is 8.53. The number of halogens is 1. The summed E-state index contributed by atoms with van der Waals surface area (Å²) < 4.78 is 0. The Morgan fingerprint density at radius 2 is 1.91 bits per heavy atom. The van der Waals surface area contributed by atoms with Gasteiger partial charge in [-0.2, -0.15) is 4.98 Å². The summed E-state index contributed by atoms with van der Waals surface area (Å²) in [7, 11) is 0. The molecule has 0 radical (unpaired) electrons.